The van der Waals surface area contributed by atoms with Crippen LogP contribution in [0.2, 0.25) is 5.02 Å². The predicted molar refractivity (Wildman–Crippen MR) is 91.8 cm³/mol. The molecule has 1 fully saturated rings. The van der Waals surface area contributed by atoms with Gasteiger partial charge in [-0.15, -0.1) is 0 Å². The average molecular weight is 309 g/mol. The minimum atomic E-state index is 0.224. The van der Waals surface area contributed by atoms with Gasteiger partial charge in [-0.2, -0.15) is 0 Å². The highest BCUT2D eigenvalue weighted by atomic mass is 35.5. The van der Waals surface area contributed by atoms with Crippen molar-refractivity contribution >= 4 is 11.6 Å². The summed E-state index contributed by atoms with van der Waals surface area (Å²) in [7, 11) is 0. The number of piperazine rings is 1. The third-order valence-electron chi connectivity index (χ3n) is 4.99. The number of rotatable bonds is 3. The second-order valence-corrected chi connectivity index (χ2v) is 8.09. The molecule has 0 saturated carbocycles. The summed E-state index contributed by atoms with van der Waals surface area (Å²) in [5.74, 6) is 0. The first-order valence-electron chi connectivity index (χ1n) is 7.97. The van der Waals surface area contributed by atoms with Gasteiger partial charge in [-0.3, -0.25) is 4.90 Å². The van der Waals surface area contributed by atoms with Crippen LogP contribution in [0.3, 0.4) is 0 Å². The molecular weight excluding hydrogens is 280 g/mol. The molecule has 2 nitrogen and oxygen atoms in total. The van der Waals surface area contributed by atoms with Gasteiger partial charge < -0.3 is 5.32 Å². The third-order valence-corrected chi connectivity index (χ3v) is 5.24. The average Bonchev–Trinajstić information content (AvgIpc) is 2.42. The molecule has 2 atom stereocenters. The lowest BCUT2D eigenvalue weighted by molar-refractivity contribution is 0.0157. The Morgan fingerprint density at radius 3 is 2.43 bits per heavy atom. The van der Waals surface area contributed by atoms with Crippen molar-refractivity contribution in [1.29, 1.82) is 0 Å². The van der Waals surface area contributed by atoms with E-state index >= 15 is 0 Å². The van der Waals surface area contributed by atoms with Gasteiger partial charge in [0.15, 0.2) is 0 Å². The maximum absolute atomic E-state index is 6.00. The molecule has 0 amide bonds. The number of hydrogen-bond acceptors (Lipinski definition) is 2. The van der Waals surface area contributed by atoms with Gasteiger partial charge in [0.05, 0.1) is 0 Å². The first-order valence-corrected chi connectivity index (χ1v) is 8.35. The van der Waals surface area contributed by atoms with E-state index in [0.29, 0.717) is 6.04 Å². The van der Waals surface area contributed by atoms with Crippen molar-refractivity contribution in [2.24, 2.45) is 5.41 Å². The van der Waals surface area contributed by atoms with Crippen LogP contribution in [0, 0.1) is 5.41 Å². The van der Waals surface area contributed by atoms with E-state index in [0.717, 1.165) is 31.1 Å². The van der Waals surface area contributed by atoms with Crippen LogP contribution >= 0.6 is 11.6 Å². The molecule has 1 aromatic rings. The zero-order valence-electron chi connectivity index (χ0n) is 14.0. The third kappa shape index (κ3) is 4.00. The van der Waals surface area contributed by atoms with Gasteiger partial charge in [0, 0.05) is 36.2 Å². The van der Waals surface area contributed by atoms with Crippen molar-refractivity contribution < 1.29 is 0 Å². The van der Waals surface area contributed by atoms with Crippen LogP contribution in [0.25, 0.3) is 0 Å². The molecule has 0 bridgehead atoms. The first-order chi connectivity index (χ1) is 9.74. The van der Waals surface area contributed by atoms with Gasteiger partial charge in [0.2, 0.25) is 0 Å². The molecule has 1 heterocycles. The van der Waals surface area contributed by atoms with Crippen LogP contribution in [-0.4, -0.2) is 29.6 Å². The smallest absolute Gasteiger partial charge is 0.0406 e. The summed E-state index contributed by atoms with van der Waals surface area (Å²) in [6, 6.07) is 8.80. The van der Waals surface area contributed by atoms with Crippen molar-refractivity contribution in [3.05, 3.63) is 34.9 Å². The summed E-state index contributed by atoms with van der Waals surface area (Å²) < 4.78 is 0. The van der Waals surface area contributed by atoms with E-state index in [2.05, 4.69) is 57.0 Å². The van der Waals surface area contributed by atoms with Crippen molar-refractivity contribution in [3.63, 3.8) is 0 Å². The highest BCUT2D eigenvalue weighted by molar-refractivity contribution is 6.30. The molecule has 1 aliphatic rings. The molecule has 1 aromatic carbocycles. The van der Waals surface area contributed by atoms with E-state index in [-0.39, 0.29) is 11.0 Å². The highest BCUT2D eigenvalue weighted by Crippen LogP contribution is 2.30. The Labute approximate surface area is 134 Å². The summed E-state index contributed by atoms with van der Waals surface area (Å²) in [4.78, 5) is 2.64. The molecule has 1 aliphatic heterocycles. The number of hydrogen-bond donors (Lipinski definition) is 1. The zero-order valence-corrected chi connectivity index (χ0v) is 14.8. The van der Waals surface area contributed by atoms with Gasteiger partial charge in [-0.25, -0.2) is 0 Å². The topological polar surface area (TPSA) is 15.3 Å². The number of benzene rings is 1. The van der Waals surface area contributed by atoms with Gasteiger partial charge in [0.25, 0.3) is 0 Å². The predicted octanol–water partition coefficient (Wildman–Crippen LogP) is 4.33. The summed E-state index contributed by atoms with van der Waals surface area (Å²) in [6.07, 6.45) is 1.16. The summed E-state index contributed by atoms with van der Waals surface area (Å²) in [6.45, 7) is 14.8. The van der Waals surface area contributed by atoms with Crippen LogP contribution in [0.15, 0.2) is 24.3 Å². The maximum Gasteiger partial charge on any atom is 0.0406 e. The van der Waals surface area contributed by atoms with E-state index in [9.17, 15) is 0 Å². The summed E-state index contributed by atoms with van der Waals surface area (Å²) in [5.41, 5.74) is 1.85. The molecule has 0 aromatic heterocycles. The Morgan fingerprint density at radius 1 is 1.29 bits per heavy atom. The Bertz CT molecular complexity index is 463. The number of nitrogens with one attached hydrogen (secondary N) is 1. The fourth-order valence-electron chi connectivity index (χ4n) is 2.95. The van der Waals surface area contributed by atoms with Crippen molar-refractivity contribution in [3.8, 4) is 0 Å². The summed E-state index contributed by atoms with van der Waals surface area (Å²) >= 11 is 6.00. The van der Waals surface area contributed by atoms with E-state index in [1.807, 2.05) is 12.1 Å². The zero-order chi connectivity index (χ0) is 15.7. The monoisotopic (exact) mass is 308 g/mol. The fraction of sp³-hybridized carbons (Fsp3) is 0.667. The number of halogens is 1. The lowest BCUT2D eigenvalue weighted by atomic mass is 9.81. The van der Waals surface area contributed by atoms with Crippen molar-refractivity contribution in [1.82, 2.24) is 10.2 Å². The Morgan fingerprint density at radius 2 is 1.90 bits per heavy atom. The number of nitrogens with zero attached hydrogens (tertiary/aromatic N) is 1. The molecular formula is C18H29ClN2. The minimum absolute atomic E-state index is 0.224. The molecule has 1 saturated heterocycles. The Kier molecular flexibility index (Phi) is 5.02. The lowest BCUT2D eigenvalue weighted by Crippen LogP contribution is -2.65. The van der Waals surface area contributed by atoms with Crippen LogP contribution in [0.5, 0.6) is 0 Å². The van der Waals surface area contributed by atoms with Crippen LogP contribution in [0.4, 0.5) is 0 Å². The molecule has 0 radical (unpaired) electrons. The molecule has 0 aliphatic carbocycles. The molecule has 21 heavy (non-hydrogen) atoms. The van der Waals surface area contributed by atoms with E-state index in [1.165, 1.54) is 5.56 Å². The molecule has 0 spiro atoms. The normalized spacial score (nSPS) is 27.8. The van der Waals surface area contributed by atoms with E-state index in [4.69, 9.17) is 11.6 Å². The van der Waals surface area contributed by atoms with Crippen LogP contribution in [-0.2, 0) is 6.54 Å². The van der Waals surface area contributed by atoms with E-state index in [1.54, 1.807) is 0 Å². The molecule has 1 N–H and O–H groups in total. The Hall–Kier alpha value is -0.570. The minimum Gasteiger partial charge on any atom is -0.310 e. The van der Waals surface area contributed by atoms with Gasteiger partial charge >= 0.3 is 0 Å². The SMILES string of the molecule is CCC1(C)CNC(C(C)(C)C)CN1Cc1ccc(Cl)cc1. The van der Waals surface area contributed by atoms with Crippen molar-refractivity contribution in [2.75, 3.05) is 13.1 Å². The Balaban J connectivity index is 2.16. The molecule has 2 unspecified atom stereocenters. The lowest BCUT2D eigenvalue weighted by Gasteiger charge is -2.51. The van der Waals surface area contributed by atoms with Crippen LogP contribution < -0.4 is 5.32 Å². The molecule has 3 heteroatoms. The highest BCUT2D eigenvalue weighted by Gasteiger charge is 2.39. The van der Waals surface area contributed by atoms with E-state index < -0.39 is 0 Å². The molecule has 118 valence electrons. The quantitative estimate of drug-likeness (QED) is 0.894. The second-order valence-electron chi connectivity index (χ2n) is 7.66. The summed E-state index contributed by atoms with van der Waals surface area (Å²) in [5, 5.41) is 4.57. The maximum atomic E-state index is 6.00. The van der Waals surface area contributed by atoms with Gasteiger partial charge in [-0.05, 0) is 36.5 Å². The van der Waals surface area contributed by atoms with Crippen LogP contribution in [0.1, 0.15) is 46.6 Å². The molecule has 2 rings (SSSR count). The first kappa shape index (κ1) is 16.8. The largest absolute Gasteiger partial charge is 0.310 e. The standard InChI is InChI=1S/C18H29ClN2/c1-6-18(5)13-20-16(17(2,3)4)12-21(18)11-14-7-9-15(19)10-8-14/h7-10,16,20H,6,11-13H2,1-5H3. The van der Waals surface area contributed by atoms with Gasteiger partial charge in [0.1, 0.15) is 0 Å². The van der Waals surface area contributed by atoms with Gasteiger partial charge in [-0.1, -0.05) is 51.4 Å². The fourth-order valence-corrected chi connectivity index (χ4v) is 3.08. The second kappa shape index (κ2) is 6.28. The van der Waals surface area contributed by atoms with Crippen molar-refractivity contribution in [2.45, 2.75) is 59.2 Å².